The van der Waals surface area contributed by atoms with Crippen molar-refractivity contribution in [1.82, 2.24) is 10.2 Å². The van der Waals surface area contributed by atoms with Crippen molar-refractivity contribution >= 4 is 22.6 Å². The number of fused-ring (bicyclic) bond motifs is 1. The lowest BCUT2D eigenvalue weighted by Crippen LogP contribution is -2.45. The molecule has 1 aliphatic heterocycles. The lowest BCUT2D eigenvalue weighted by atomic mass is 10.0. The van der Waals surface area contributed by atoms with Crippen molar-refractivity contribution in [2.45, 2.75) is 25.4 Å². The number of phenolic OH excluding ortho intramolecular Hbond substituents is 1. The summed E-state index contributed by atoms with van der Waals surface area (Å²) in [6.45, 7) is 0.638. The molecule has 0 bridgehead atoms. The third kappa shape index (κ3) is 3.78. The molecule has 0 radical (unpaired) electrons. The van der Waals surface area contributed by atoms with Gasteiger partial charge in [0.25, 0.3) is 5.91 Å². The van der Waals surface area contributed by atoms with Crippen LogP contribution < -0.4 is 5.32 Å². The van der Waals surface area contributed by atoms with Gasteiger partial charge in [-0.1, -0.05) is 42.5 Å². The van der Waals surface area contributed by atoms with Gasteiger partial charge in [0.15, 0.2) is 0 Å². The van der Waals surface area contributed by atoms with Crippen LogP contribution >= 0.6 is 0 Å². The number of nitrogens with one attached hydrogen (secondary N) is 1. The van der Waals surface area contributed by atoms with Gasteiger partial charge in [0.05, 0.1) is 5.56 Å². The summed E-state index contributed by atoms with van der Waals surface area (Å²) in [6.07, 6.45) is 1.26. The first-order valence-corrected chi connectivity index (χ1v) is 9.58. The number of carbonyl (C=O) groups excluding carboxylic acids is 2. The first-order valence-electron chi connectivity index (χ1n) is 9.58. The highest BCUT2D eigenvalue weighted by atomic mass is 19.1. The van der Waals surface area contributed by atoms with Crippen molar-refractivity contribution < 1.29 is 19.1 Å². The van der Waals surface area contributed by atoms with Gasteiger partial charge in [-0.3, -0.25) is 9.59 Å². The number of halogens is 1. The standard InChI is InChI=1S/C23H21FN2O3/c24-17-7-3-5-15(13-17)14-25-22(28)20-9-4-12-26(20)23(29)19-11-10-16-6-1-2-8-18(16)21(19)27/h1-3,5-8,10-11,13,20,27H,4,9,12,14H2,(H,25,28). The highest BCUT2D eigenvalue weighted by Gasteiger charge is 2.35. The molecule has 148 valence electrons. The van der Waals surface area contributed by atoms with Crippen LogP contribution in [0, 0.1) is 5.82 Å². The second kappa shape index (κ2) is 7.91. The Morgan fingerprint density at radius 2 is 1.93 bits per heavy atom. The summed E-state index contributed by atoms with van der Waals surface area (Å²) in [5, 5.41) is 14.8. The molecule has 1 aliphatic rings. The van der Waals surface area contributed by atoms with Crippen molar-refractivity contribution in [3.63, 3.8) is 0 Å². The Kier molecular flexibility index (Phi) is 5.16. The number of hydrogen-bond acceptors (Lipinski definition) is 3. The number of rotatable bonds is 4. The Morgan fingerprint density at radius 3 is 2.76 bits per heavy atom. The molecule has 1 saturated heterocycles. The lowest BCUT2D eigenvalue weighted by molar-refractivity contribution is -0.125. The van der Waals surface area contributed by atoms with E-state index < -0.39 is 6.04 Å². The van der Waals surface area contributed by atoms with Gasteiger partial charge in [-0.15, -0.1) is 0 Å². The van der Waals surface area contributed by atoms with E-state index in [4.69, 9.17) is 0 Å². The number of carbonyl (C=O) groups is 2. The Balaban J connectivity index is 1.51. The first kappa shape index (κ1) is 18.9. The van der Waals surface area contributed by atoms with E-state index in [0.29, 0.717) is 30.3 Å². The van der Waals surface area contributed by atoms with Crippen LogP contribution in [0.3, 0.4) is 0 Å². The molecule has 0 saturated carbocycles. The van der Waals surface area contributed by atoms with Gasteiger partial charge in [-0.2, -0.15) is 0 Å². The van der Waals surface area contributed by atoms with E-state index in [-0.39, 0.29) is 35.5 Å². The zero-order chi connectivity index (χ0) is 20.4. The number of likely N-dealkylation sites (tertiary alicyclic amines) is 1. The molecular formula is C23H21FN2O3. The maximum atomic E-state index is 13.3. The van der Waals surface area contributed by atoms with Crippen molar-refractivity contribution in [2.24, 2.45) is 0 Å². The number of phenols is 1. The molecule has 0 aliphatic carbocycles. The molecule has 0 spiro atoms. The average molecular weight is 392 g/mol. The van der Waals surface area contributed by atoms with E-state index in [2.05, 4.69) is 5.32 Å². The number of nitrogens with zero attached hydrogens (tertiary/aromatic N) is 1. The van der Waals surface area contributed by atoms with Crippen molar-refractivity contribution in [3.05, 3.63) is 77.6 Å². The predicted molar refractivity (Wildman–Crippen MR) is 108 cm³/mol. The van der Waals surface area contributed by atoms with Crippen LogP contribution in [0.25, 0.3) is 10.8 Å². The number of aromatic hydroxyl groups is 1. The van der Waals surface area contributed by atoms with Gasteiger partial charge >= 0.3 is 0 Å². The minimum Gasteiger partial charge on any atom is -0.506 e. The average Bonchev–Trinajstić information content (AvgIpc) is 3.22. The van der Waals surface area contributed by atoms with Gasteiger partial charge in [0, 0.05) is 18.5 Å². The predicted octanol–water partition coefficient (Wildman–Crippen LogP) is 3.61. The minimum atomic E-state index is -0.609. The Hall–Kier alpha value is -3.41. The first-order chi connectivity index (χ1) is 14.0. The van der Waals surface area contributed by atoms with E-state index >= 15 is 0 Å². The topological polar surface area (TPSA) is 69.6 Å². The van der Waals surface area contributed by atoms with E-state index in [1.807, 2.05) is 12.1 Å². The Morgan fingerprint density at radius 1 is 1.10 bits per heavy atom. The summed E-state index contributed by atoms with van der Waals surface area (Å²) in [5.74, 6) is -1.07. The zero-order valence-electron chi connectivity index (χ0n) is 15.8. The summed E-state index contributed by atoms with van der Waals surface area (Å²) in [7, 11) is 0. The summed E-state index contributed by atoms with van der Waals surface area (Å²) < 4.78 is 13.3. The molecule has 1 atom stereocenters. The molecule has 3 aromatic rings. The van der Waals surface area contributed by atoms with Crippen molar-refractivity contribution in [3.8, 4) is 5.75 Å². The van der Waals surface area contributed by atoms with Crippen LogP contribution in [0.15, 0.2) is 60.7 Å². The third-order valence-corrected chi connectivity index (χ3v) is 5.30. The van der Waals surface area contributed by atoms with Crippen LogP contribution in [-0.4, -0.2) is 34.4 Å². The molecule has 0 aromatic heterocycles. The molecule has 5 nitrogen and oxygen atoms in total. The smallest absolute Gasteiger partial charge is 0.258 e. The molecular weight excluding hydrogens is 371 g/mol. The van der Waals surface area contributed by atoms with Crippen molar-refractivity contribution in [2.75, 3.05) is 6.54 Å². The second-order valence-corrected chi connectivity index (χ2v) is 7.19. The fourth-order valence-corrected chi connectivity index (χ4v) is 3.82. The maximum Gasteiger partial charge on any atom is 0.258 e. The molecule has 1 fully saturated rings. The third-order valence-electron chi connectivity index (χ3n) is 5.30. The van der Waals surface area contributed by atoms with Crippen LogP contribution in [-0.2, 0) is 11.3 Å². The number of hydrogen-bond donors (Lipinski definition) is 2. The fraction of sp³-hybridized carbons (Fsp3) is 0.217. The molecule has 4 rings (SSSR count). The van der Waals surface area contributed by atoms with Gasteiger partial charge in [0.1, 0.15) is 17.6 Å². The van der Waals surface area contributed by atoms with Gasteiger partial charge in [-0.25, -0.2) is 4.39 Å². The maximum absolute atomic E-state index is 13.3. The fourth-order valence-electron chi connectivity index (χ4n) is 3.82. The number of amides is 2. The Labute approximate surface area is 167 Å². The summed E-state index contributed by atoms with van der Waals surface area (Å²) in [4.78, 5) is 27.3. The molecule has 6 heteroatoms. The van der Waals surface area contributed by atoms with Crippen LogP contribution in [0.2, 0.25) is 0 Å². The van der Waals surface area contributed by atoms with E-state index in [1.54, 1.807) is 36.4 Å². The van der Waals surface area contributed by atoms with E-state index in [9.17, 15) is 19.1 Å². The largest absolute Gasteiger partial charge is 0.506 e. The molecule has 1 unspecified atom stereocenters. The lowest BCUT2D eigenvalue weighted by Gasteiger charge is -2.24. The normalized spacial score (nSPS) is 16.2. The molecule has 3 aromatic carbocycles. The van der Waals surface area contributed by atoms with Crippen LogP contribution in [0.5, 0.6) is 5.75 Å². The molecule has 2 N–H and O–H groups in total. The van der Waals surface area contributed by atoms with E-state index in [0.717, 1.165) is 5.39 Å². The summed E-state index contributed by atoms with van der Waals surface area (Å²) >= 11 is 0. The van der Waals surface area contributed by atoms with Crippen LogP contribution in [0.4, 0.5) is 4.39 Å². The summed E-state index contributed by atoms with van der Waals surface area (Å²) in [5.41, 5.74) is 0.843. The van der Waals surface area contributed by atoms with Crippen molar-refractivity contribution in [1.29, 1.82) is 0 Å². The highest BCUT2D eigenvalue weighted by Crippen LogP contribution is 2.31. The molecule has 1 heterocycles. The highest BCUT2D eigenvalue weighted by molar-refractivity contribution is 6.05. The quantitative estimate of drug-likeness (QED) is 0.713. The van der Waals surface area contributed by atoms with Gasteiger partial charge in [0.2, 0.25) is 5.91 Å². The number of benzene rings is 3. The molecule has 29 heavy (non-hydrogen) atoms. The summed E-state index contributed by atoms with van der Waals surface area (Å²) in [6, 6.07) is 16.1. The zero-order valence-corrected chi connectivity index (χ0v) is 15.8. The van der Waals surface area contributed by atoms with Gasteiger partial charge in [-0.05, 0) is 42.0 Å². The minimum absolute atomic E-state index is 0.0704. The monoisotopic (exact) mass is 392 g/mol. The second-order valence-electron chi connectivity index (χ2n) is 7.19. The van der Waals surface area contributed by atoms with Gasteiger partial charge < -0.3 is 15.3 Å². The van der Waals surface area contributed by atoms with Crippen LogP contribution in [0.1, 0.15) is 28.8 Å². The van der Waals surface area contributed by atoms with E-state index in [1.165, 1.54) is 17.0 Å². The SMILES string of the molecule is O=C(NCc1cccc(F)c1)C1CCCN1C(=O)c1ccc2ccccc2c1O. The molecule has 2 amide bonds. The Bertz CT molecular complexity index is 1080.